The average molecular weight is 481 g/mol. The summed E-state index contributed by atoms with van der Waals surface area (Å²) >= 11 is 0. The molecule has 0 unspecified atom stereocenters. The second-order valence-electron chi connectivity index (χ2n) is 8.21. The molecule has 1 amide bonds. The Morgan fingerprint density at radius 3 is 2.41 bits per heavy atom. The van der Waals surface area contributed by atoms with Gasteiger partial charge < -0.3 is 14.4 Å². The number of hydrogen-bond acceptors (Lipinski definition) is 5. The Morgan fingerprint density at radius 1 is 1.00 bits per heavy atom. The van der Waals surface area contributed by atoms with E-state index in [-0.39, 0.29) is 16.8 Å². The van der Waals surface area contributed by atoms with Crippen molar-refractivity contribution in [2.75, 3.05) is 25.5 Å². The molecule has 0 aromatic heterocycles. The zero-order valence-corrected chi connectivity index (χ0v) is 20.3. The molecule has 1 fully saturated rings. The van der Waals surface area contributed by atoms with Crippen LogP contribution in [0.4, 0.5) is 5.69 Å². The van der Waals surface area contributed by atoms with Crippen LogP contribution in [0.5, 0.6) is 11.5 Å². The van der Waals surface area contributed by atoms with Crippen molar-refractivity contribution >= 4 is 21.6 Å². The first-order valence-corrected chi connectivity index (χ1v) is 12.5. The molecule has 0 aliphatic carbocycles. The van der Waals surface area contributed by atoms with Gasteiger partial charge in [0.2, 0.25) is 0 Å². The lowest BCUT2D eigenvalue weighted by Crippen LogP contribution is -2.30. The average Bonchev–Trinajstić information content (AvgIpc) is 3.34. The number of benzene rings is 3. The Morgan fingerprint density at radius 2 is 1.74 bits per heavy atom. The van der Waals surface area contributed by atoms with E-state index in [9.17, 15) is 13.2 Å². The maximum atomic E-state index is 13.4. The predicted molar refractivity (Wildman–Crippen MR) is 131 cm³/mol. The fourth-order valence-corrected chi connectivity index (χ4v) is 5.40. The van der Waals surface area contributed by atoms with E-state index in [0.29, 0.717) is 29.3 Å². The van der Waals surface area contributed by atoms with Crippen molar-refractivity contribution in [1.82, 2.24) is 4.90 Å². The minimum atomic E-state index is -3.77. The number of methoxy groups -OCH3 is 2. The van der Waals surface area contributed by atoms with Crippen LogP contribution in [0.2, 0.25) is 0 Å². The number of nitrogens with one attached hydrogen (secondary N) is 1. The zero-order chi connectivity index (χ0) is 24.3. The lowest BCUT2D eigenvalue weighted by atomic mass is 10.0. The van der Waals surface area contributed by atoms with Crippen molar-refractivity contribution in [2.45, 2.75) is 30.7 Å². The number of aryl methyl sites for hydroxylation is 1. The Balaban J connectivity index is 1.56. The number of anilines is 1. The van der Waals surface area contributed by atoms with Crippen molar-refractivity contribution in [2.24, 2.45) is 0 Å². The van der Waals surface area contributed by atoms with E-state index in [1.807, 2.05) is 42.2 Å². The highest BCUT2D eigenvalue weighted by molar-refractivity contribution is 7.92. The summed E-state index contributed by atoms with van der Waals surface area (Å²) in [5.74, 6) is 1.25. The number of sulfonamides is 1. The molecular weight excluding hydrogens is 452 g/mol. The summed E-state index contributed by atoms with van der Waals surface area (Å²) < 4.78 is 39.2. The number of hydrogen-bond donors (Lipinski definition) is 1. The molecule has 4 rings (SSSR count). The maximum absolute atomic E-state index is 13.4. The van der Waals surface area contributed by atoms with Gasteiger partial charge in [0.05, 0.1) is 30.8 Å². The van der Waals surface area contributed by atoms with Gasteiger partial charge in [-0.25, -0.2) is 8.42 Å². The smallest absolute Gasteiger partial charge is 0.261 e. The quantitative estimate of drug-likeness (QED) is 0.526. The van der Waals surface area contributed by atoms with Crippen LogP contribution < -0.4 is 14.2 Å². The molecule has 8 heteroatoms. The summed E-state index contributed by atoms with van der Waals surface area (Å²) in [4.78, 5) is 15.3. The highest BCUT2D eigenvalue weighted by Gasteiger charge is 2.33. The molecular formula is C26H28N2O5S. The van der Waals surface area contributed by atoms with E-state index in [0.717, 1.165) is 24.0 Å². The molecule has 178 valence electrons. The normalized spacial score (nSPS) is 15.7. The maximum Gasteiger partial charge on any atom is 0.261 e. The van der Waals surface area contributed by atoms with Crippen LogP contribution in [0, 0.1) is 6.92 Å². The van der Waals surface area contributed by atoms with Crippen molar-refractivity contribution < 1.29 is 22.7 Å². The number of likely N-dealkylation sites (tertiary alicyclic amines) is 1. The number of para-hydroxylation sites is 1. The Kier molecular flexibility index (Phi) is 6.79. The fraction of sp³-hybridized carbons (Fsp3) is 0.269. The first-order chi connectivity index (χ1) is 16.3. The van der Waals surface area contributed by atoms with Crippen LogP contribution in [0.15, 0.2) is 71.6 Å². The van der Waals surface area contributed by atoms with Gasteiger partial charge in [-0.2, -0.15) is 0 Å². The Hall–Kier alpha value is -3.52. The second-order valence-corrected chi connectivity index (χ2v) is 9.89. The van der Waals surface area contributed by atoms with Crippen LogP contribution in [0.1, 0.15) is 40.4 Å². The molecule has 0 saturated carbocycles. The van der Waals surface area contributed by atoms with Crippen molar-refractivity contribution in [3.63, 3.8) is 0 Å². The molecule has 1 N–H and O–H groups in total. The molecule has 1 heterocycles. The van der Waals surface area contributed by atoms with E-state index in [1.54, 1.807) is 38.5 Å². The van der Waals surface area contributed by atoms with Crippen molar-refractivity contribution in [3.8, 4) is 11.5 Å². The lowest BCUT2D eigenvalue weighted by Gasteiger charge is -2.27. The van der Waals surface area contributed by atoms with Crippen molar-refractivity contribution in [3.05, 3.63) is 83.4 Å². The molecule has 7 nitrogen and oxygen atoms in total. The van der Waals surface area contributed by atoms with Crippen LogP contribution in [0.3, 0.4) is 0 Å². The highest BCUT2D eigenvalue weighted by atomic mass is 32.2. The monoisotopic (exact) mass is 480 g/mol. The third kappa shape index (κ3) is 4.72. The molecule has 3 aromatic rings. The van der Waals surface area contributed by atoms with Gasteiger partial charge >= 0.3 is 0 Å². The van der Waals surface area contributed by atoms with Crippen LogP contribution >= 0.6 is 0 Å². The molecule has 0 spiro atoms. The zero-order valence-electron chi connectivity index (χ0n) is 19.4. The molecule has 1 atom stereocenters. The van der Waals surface area contributed by atoms with E-state index in [2.05, 4.69) is 4.72 Å². The van der Waals surface area contributed by atoms with E-state index < -0.39 is 10.0 Å². The predicted octanol–water partition coefficient (Wildman–Crippen LogP) is 4.79. The molecule has 0 bridgehead atoms. The Labute approximate surface area is 200 Å². The van der Waals surface area contributed by atoms with Crippen LogP contribution in [0.25, 0.3) is 0 Å². The van der Waals surface area contributed by atoms with Gasteiger partial charge in [0, 0.05) is 17.7 Å². The molecule has 1 saturated heterocycles. The molecule has 1 aliphatic heterocycles. The van der Waals surface area contributed by atoms with E-state index in [4.69, 9.17) is 9.47 Å². The van der Waals surface area contributed by atoms with Crippen molar-refractivity contribution in [1.29, 1.82) is 0 Å². The van der Waals surface area contributed by atoms with Crippen LogP contribution in [-0.2, 0) is 10.0 Å². The van der Waals surface area contributed by atoms with Gasteiger partial charge in [-0.1, -0.05) is 18.2 Å². The summed E-state index contributed by atoms with van der Waals surface area (Å²) in [5.41, 5.74) is 2.68. The third-order valence-electron chi connectivity index (χ3n) is 6.11. The number of ether oxygens (including phenoxy) is 2. The van der Waals surface area contributed by atoms with Gasteiger partial charge in [0.15, 0.2) is 0 Å². The first-order valence-electron chi connectivity index (χ1n) is 11.1. The van der Waals surface area contributed by atoms with Gasteiger partial charge in [-0.3, -0.25) is 9.52 Å². The van der Waals surface area contributed by atoms with Gasteiger partial charge in [-0.15, -0.1) is 0 Å². The number of rotatable bonds is 7. The molecule has 1 aliphatic rings. The minimum Gasteiger partial charge on any atom is -0.497 e. The van der Waals surface area contributed by atoms with E-state index >= 15 is 0 Å². The Bertz CT molecular complexity index is 1290. The largest absolute Gasteiger partial charge is 0.497 e. The number of nitrogens with zero attached hydrogens (tertiary/aromatic N) is 1. The van der Waals surface area contributed by atoms with Crippen LogP contribution in [-0.4, -0.2) is 40.0 Å². The molecule has 3 aromatic carbocycles. The summed E-state index contributed by atoms with van der Waals surface area (Å²) in [5, 5.41) is 0. The fourth-order valence-electron chi connectivity index (χ4n) is 4.27. The number of carbonyl (C=O) groups excluding carboxylic acids is 1. The second kappa shape index (κ2) is 9.77. The topological polar surface area (TPSA) is 84.9 Å². The first kappa shape index (κ1) is 23.6. The van der Waals surface area contributed by atoms with Gasteiger partial charge in [0.1, 0.15) is 11.5 Å². The lowest BCUT2D eigenvalue weighted by molar-refractivity contribution is 0.0734. The van der Waals surface area contributed by atoms with Gasteiger partial charge in [-0.05, 0) is 73.9 Å². The summed E-state index contributed by atoms with van der Waals surface area (Å²) in [6, 6.07) is 18.6. The standard InChI is InChI=1S/C26H28N2O5S/c1-18-7-4-5-8-23(18)27-34(30,31)21-13-10-19(11-14-21)26(29)28-16-6-9-24(28)22-17-20(32-2)12-15-25(22)33-3/h4-5,7-8,10-15,17,24,27H,6,9,16H2,1-3H3/t24-/m0/s1. The minimum absolute atomic E-state index is 0.0970. The third-order valence-corrected chi connectivity index (χ3v) is 7.49. The van der Waals surface area contributed by atoms with Gasteiger partial charge in [0.25, 0.3) is 15.9 Å². The molecule has 34 heavy (non-hydrogen) atoms. The highest BCUT2D eigenvalue weighted by Crippen LogP contribution is 2.39. The SMILES string of the molecule is COc1ccc(OC)c([C@@H]2CCCN2C(=O)c2ccc(S(=O)(=O)Nc3ccccc3C)cc2)c1. The summed E-state index contributed by atoms with van der Waals surface area (Å²) in [7, 11) is -0.562. The summed E-state index contributed by atoms with van der Waals surface area (Å²) in [6.07, 6.45) is 1.67. The molecule has 0 radical (unpaired) electrons. The van der Waals surface area contributed by atoms with E-state index in [1.165, 1.54) is 12.1 Å². The summed E-state index contributed by atoms with van der Waals surface area (Å²) in [6.45, 7) is 2.45. The number of carbonyl (C=O) groups is 1. The number of amides is 1.